The van der Waals surface area contributed by atoms with E-state index in [2.05, 4.69) is 11.2 Å². The quantitative estimate of drug-likeness (QED) is 0.805. The average Bonchev–Trinajstić information content (AvgIpc) is 2.25. The molecule has 1 unspecified atom stereocenters. The number of rotatable bonds is 2. The first-order chi connectivity index (χ1) is 8.31. The van der Waals surface area contributed by atoms with Crippen LogP contribution < -0.4 is 5.32 Å². The van der Waals surface area contributed by atoms with Crippen LogP contribution in [0.4, 0.5) is 10.5 Å². The monoisotopic (exact) mass is 245 g/mol. The molecule has 0 saturated heterocycles. The van der Waals surface area contributed by atoms with E-state index in [0.717, 1.165) is 5.56 Å². The van der Waals surface area contributed by atoms with E-state index in [1.807, 2.05) is 45.9 Å². The second kappa shape index (κ2) is 5.59. The van der Waals surface area contributed by atoms with Crippen molar-refractivity contribution in [1.29, 1.82) is 0 Å². The van der Waals surface area contributed by atoms with E-state index in [1.165, 1.54) is 0 Å². The van der Waals surface area contributed by atoms with E-state index in [1.54, 1.807) is 6.07 Å². The Morgan fingerprint density at radius 3 is 2.67 bits per heavy atom. The van der Waals surface area contributed by atoms with Gasteiger partial charge in [-0.05, 0) is 45.4 Å². The third-order valence-corrected chi connectivity index (χ3v) is 2.28. The minimum atomic E-state index is -0.506. The summed E-state index contributed by atoms with van der Waals surface area (Å²) in [6.45, 7) is 7.41. The molecule has 0 aliphatic heterocycles. The summed E-state index contributed by atoms with van der Waals surface area (Å²) in [5.41, 5.74) is 1.17. The lowest BCUT2D eigenvalue weighted by atomic mass is 10.0. The highest BCUT2D eigenvalue weighted by atomic mass is 16.6. The van der Waals surface area contributed by atoms with Crippen LogP contribution in [0.25, 0.3) is 0 Å². The van der Waals surface area contributed by atoms with Crippen LogP contribution in [-0.2, 0) is 4.74 Å². The van der Waals surface area contributed by atoms with Crippen molar-refractivity contribution in [3.63, 3.8) is 0 Å². The molecule has 0 spiro atoms. The highest BCUT2D eigenvalue weighted by molar-refractivity contribution is 5.85. The van der Waals surface area contributed by atoms with E-state index in [0.29, 0.717) is 5.69 Å². The molecule has 1 atom stereocenters. The summed E-state index contributed by atoms with van der Waals surface area (Å²) in [4.78, 5) is 11.6. The van der Waals surface area contributed by atoms with Crippen LogP contribution in [0.1, 0.15) is 39.2 Å². The highest BCUT2D eigenvalue weighted by Crippen LogP contribution is 2.19. The predicted octanol–water partition coefficient (Wildman–Crippen LogP) is 3.77. The van der Waals surface area contributed by atoms with Gasteiger partial charge in [0.25, 0.3) is 0 Å². The summed E-state index contributed by atoms with van der Waals surface area (Å²) in [5.74, 6) is 2.67. The Bertz CT molecular complexity index is 466. The topological polar surface area (TPSA) is 38.3 Å². The van der Waals surface area contributed by atoms with Gasteiger partial charge in [-0.25, -0.2) is 4.79 Å². The Morgan fingerprint density at radius 1 is 1.44 bits per heavy atom. The highest BCUT2D eigenvalue weighted by Gasteiger charge is 2.16. The Balaban J connectivity index is 2.74. The standard InChI is InChI=1S/C15H19NO2/c1-6-11(2)12-8-7-9-13(10-12)16-14(17)18-15(3,4)5/h1,7-11H,2-5H3,(H,16,17). The maximum Gasteiger partial charge on any atom is 0.412 e. The molecular formula is C15H19NO2. The van der Waals surface area contributed by atoms with Crippen LogP contribution in [0.15, 0.2) is 24.3 Å². The molecule has 0 aliphatic carbocycles. The summed E-state index contributed by atoms with van der Waals surface area (Å²) in [5, 5.41) is 2.69. The van der Waals surface area contributed by atoms with Gasteiger partial charge in [-0.15, -0.1) is 6.42 Å². The first-order valence-corrected chi connectivity index (χ1v) is 5.88. The summed E-state index contributed by atoms with van der Waals surface area (Å²) in [6.07, 6.45) is 4.91. The van der Waals surface area contributed by atoms with Crippen molar-refractivity contribution in [2.24, 2.45) is 0 Å². The molecule has 1 aromatic carbocycles. The van der Waals surface area contributed by atoms with E-state index in [9.17, 15) is 4.79 Å². The van der Waals surface area contributed by atoms with Crippen LogP contribution in [0, 0.1) is 12.3 Å². The number of ether oxygens (including phenoxy) is 1. The van der Waals surface area contributed by atoms with Crippen LogP contribution in [0.3, 0.4) is 0 Å². The molecule has 0 bridgehead atoms. The van der Waals surface area contributed by atoms with Crippen molar-refractivity contribution in [1.82, 2.24) is 0 Å². The second-order valence-corrected chi connectivity index (χ2v) is 5.14. The fourth-order valence-electron chi connectivity index (χ4n) is 1.40. The van der Waals surface area contributed by atoms with Gasteiger partial charge < -0.3 is 4.74 Å². The number of carbonyl (C=O) groups is 1. The van der Waals surface area contributed by atoms with Gasteiger partial charge in [0, 0.05) is 11.6 Å². The molecule has 0 heterocycles. The number of anilines is 1. The molecule has 0 radical (unpaired) electrons. The van der Waals surface area contributed by atoms with Gasteiger partial charge in [0.1, 0.15) is 5.60 Å². The van der Waals surface area contributed by atoms with Crippen molar-refractivity contribution < 1.29 is 9.53 Å². The first kappa shape index (κ1) is 14.1. The predicted molar refractivity (Wildman–Crippen MR) is 73.5 cm³/mol. The molecule has 1 rings (SSSR count). The number of hydrogen-bond donors (Lipinski definition) is 1. The second-order valence-electron chi connectivity index (χ2n) is 5.14. The molecule has 3 nitrogen and oxygen atoms in total. The summed E-state index contributed by atoms with van der Waals surface area (Å²) >= 11 is 0. The smallest absolute Gasteiger partial charge is 0.412 e. The number of benzene rings is 1. The maximum absolute atomic E-state index is 11.6. The zero-order chi connectivity index (χ0) is 13.8. The van der Waals surface area contributed by atoms with Gasteiger partial charge in [-0.1, -0.05) is 18.1 Å². The number of hydrogen-bond acceptors (Lipinski definition) is 2. The molecule has 96 valence electrons. The largest absolute Gasteiger partial charge is 0.444 e. The third kappa shape index (κ3) is 4.50. The first-order valence-electron chi connectivity index (χ1n) is 5.88. The fourth-order valence-corrected chi connectivity index (χ4v) is 1.40. The summed E-state index contributed by atoms with van der Waals surface area (Å²) < 4.78 is 5.18. The Hall–Kier alpha value is -1.95. The van der Waals surface area contributed by atoms with E-state index >= 15 is 0 Å². The zero-order valence-corrected chi connectivity index (χ0v) is 11.3. The lowest BCUT2D eigenvalue weighted by Crippen LogP contribution is -2.27. The van der Waals surface area contributed by atoms with Gasteiger partial charge in [-0.2, -0.15) is 0 Å². The average molecular weight is 245 g/mol. The summed E-state index contributed by atoms with van der Waals surface area (Å²) in [6, 6.07) is 7.45. The van der Waals surface area contributed by atoms with Gasteiger partial charge in [0.05, 0.1) is 0 Å². The molecule has 0 aliphatic rings. The SMILES string of the molecule is C#CC(C)c1cccc(NC(=O)OC(C)(C)C)c1. The Labute approximate surface area is 109 Å². The molecule has 0 fully saturated rings. The minimum absolute atomic E-state index is 0.0189. The van der Waals surface area contributed by atoms with Crippen LogP contribution in [0.5, 0.6) is 0 Å². The van der Waals surface area contributed by atoms with Crippen molar-refractivity contribution in [2.75, 3.05) is 5.32 Å². The number of amides is 1. The molecular weight excluding hydrogens is 226 g/mol. The van der Waals surface area contributed by atoms with E-state index in [4.69, 9.17) is 11.2 Å². The van der Waals surface area contributed by atoms with E-state index in [-0.39, 0.29) is 5.92 Å². The molecule has 1 N–H and O–H groups in total. The molecule has 0 saturated carbocycles. The van der Waals surface area contributed by atoms with Crippen molar-refractivity contribution >= 4 is 11.8 Å². The third-order valence-electron chi connectivity index (χ3n) is 2.28. The van der Waals surface area contributed by atoms with Crippen LogP contribution in [-0.4, -0.2) is 11.7 Å². The maximum atomic E-state index is 11.6. The lowest BCUT2D eigenvalue weighted by Gasteiger charge is -2.19. The van der Waals surface area contributed by atoms with Crippen molar-refractivity contribution in [2.45, 2.75) is 39.2 Å². The minimum Gasteiger partial charge on any atom is -0.444 e. The normalized spacial score (nSPS) is 12.4. The van der Waals surface area contributed by atoms with Crippen molar-refractivity contribution in [3.8, 4) is 12.3 Å². The van der Waals surface area contributed by atoms with E-state index < -0.39 is 11.7 Å². The van der Waals surface area contributed by atoms with Gasteiger partial charge in [0.15, 0.2) is 0 Å². The zero-order valence-electron chi connectivity index (χ0n) is 11.3. The molecule has 1 aromatic rings. The Morgan fingerprint density at radius 2 is 2.11 bits per heavy atom. The van der Waals surface area contributed by atoms with Gasteiger partial charge >= 0.3 is 6.09 Å². The Kier molecular flexibility index (Phi) is 4.38. The number of carbonyl (C=O) groups excluding carboxylic acids is 1. The van der Waals surface area contributed by atoms with Crippen LogP contribution >= 0.6 is 0 Å². The number of terminal acetylenes is 1. The molecule has 1 amide bonds. The molecule has 0 aromatic heterocycles. The summed E-state index contributed by atoms with van der Waals surface area (Å²) in [7, 11) is 0. The number of nitrogens with one attached hydrogen (secondary N) is 1. The van der Waals surface area contributed by atoms with Crippen LogP contribution in [0.2, 0.25) is 0 Å². The molecule has 18 heavy (non-hydrogen) atoms. The van der Waals surface area contributed by atoms with Gasteiger partial charge in [-0.3, -0.25) is 5.32 Å². The lowest BCUT2D eigenvalue weighted by molar-refractivity contribution is 0.0636. The fraction of sp³-hybridized carbons (Fsp3) is 0.400. The van der Waals surface area contributed by atoms with Gasteiger partial charge in [0.2, 0.25) is 0 Å². The molecule has 3 heteroatoms. The van der Waals surface area contributed by atoms with Crippen molar-refractivity contribution in [3.05, 3.63) is 29.8 Å².